The van der Waals surface area contributed by atoms with E-state index in [-0.39, 0.29) is 11.1 Å². The molecule has 8 nitrogen and oxygen atoms in total. The van der Waals surface area contributed by atoms with Crippen LogP contribution in [0.25, 0.3) is 11.0 Å². The van der Waals surface area contributed by atoms with Gasteiger partial charge < -0.3 is 15.0 Å². The van der Waals surface area contributed by atoms with Crippen molar-refractivity contribution in [2.45, 2.75) is 75.8 Å². The van der Waals surface area contributed by atoms with Gasteiger partial charge in [0.15, 0.2) is 0 Å². The largest absolute Gasteiger partial charge is 0.381 e. The zero-order chi connectivity index (χ0) is 32.3. The molecule has 0 aliphatic carbocycles. The highest BCUT2D eigenvalue weighted by molar-refractivity contribution is 7.99. The quantitative estimate of drug-likeness (QED) is 0.322. The fourth-order valence-electron chi connectivity index (χ4n) is 7.14. The van der Waals surface area contributed by atoms with Gasteiger partial charge in [-0.1, -0.05) is 18.2 Å². The minimum absolute atomic E-state index is 0.104. The maximum atomic E-state index is 16.0. The number of aryl methyl sites for hydroxylation is 1. The molecule has 0 amide bonds. The number of benzene rings is 1. The van der Waals surface area contributed by atoms with Gasteiger partial charge in [0.25, 0.3) is 11.5 Å². The summed E-state index contributed by atoms with van der Waals surface area (Å²) in [6.45, 7) is 5.00. The van der Waals surface area contributed by atoms with Crippen molar-refractivity contribution in [1.82, 2.24) is 19.4 Å². The van der Waals surface area contributed by atoms with Gasteiger partial charge >= 0.3 is 0 Å². The number of anilines is 1. The monoisotopic (exact) mass is 654 g/mol. The Hall–Kier alpha value is -3.14. The smallest absolute Gasteiger partial charge is 0.278 e. The number of halogens is 3. The van der Waals surface area contributed by atoms with Gasteiger partial charge in [0.1, 0.15) is 23.6 Å². The van der Waals surface area contributed by atoms with Crippen molar-refractivity contribution < 1.29 is 17.9 Å². The van der Waals surface area contributed by atoms with Crippen molar-refractivity contribution in [2.75, 3.05) is 49.7 Å². The topological polar surface area (TPSA) is 96.1 Å². The lowest BCUT2D eigenvalue weighted by Crippen LogP contribution is -2.40. The summed E-state index contributed by atoms with van der Waals surface area (Å²) in [5.41, 5.74) is -0.873. The van der Waals surface area contributed by atoms with E-state index in [2.05, 4.69) is 26.3 Å². The number of aromatic nitrogens is 3. The number of hydrogen-bond acceptors (Lipinski definition) is 8. The fraction of sp³-hybridized carbons (Fsp3) is 0.588. The van der Waals surface area contributed by atoms with E-state index in [1.165, 1.54) is 24.5 Å². The highest BCUT2D eigenvalue weighted by Gasteiger charge is 2.45. The van der Waals surface area contributed by atoms with Crippen LogP contribution in [0.1, 0.15) is 74.6 Å². The molecule has 2 fully saturated rings. The molecule has 1 N–H and O–H groups in total. The van der Waals surface area contributed by atoms with E-state index in [0.29, 0.717) is 87.4 Å². The summed E-state index contributed by atoms with van der Waals surface area (Å²) in [5, 5.41) is 14.1. The van der Waals surface area contributed by atoms with Crippen molar-refractivity contribution in [3.63, 3.8) is 0 Å². The third-order valence-electron chi connectivity index (χ3n) is 9.95. The third-order valence-corrected chi connectivity index (χ3v) is 10.9. The molecule has 0 spiro atoms. The van der Waals surface area contributed by atoms with E-state index in [1.54, 1.807) is 29.3 Å². The summed E-state index contributed by atoms with van der Waals surface area (Å²) in [5.74, 6) is -3.29. The van der Waals surface area contributed by atoms with Crippen LogP contribution < -0.4 is 10.9 Å². The fourth-order valence-corrected chi connectivity index (χ4v) is 8.33. The molecule has 4 aliphatic rings. The van der Waals surface area contributed by atoms with Gasteiger partial charge in [-0.3, -0.25) is 9.36 Å². The molecule has 0 saturated carbocycles. The number of nitrogens with one attached hydrogen (secondary N) is 1. The highest BCUT2D eigenvalue weighted by atomic mass is 32.2. The normalized spacial score (nSPS) is 25.6. The molecule has 0 unspecified atom stereocenters. The molecule has 1 atom stereocenters. The van der Waals surface area contributed by atoms with Crippen molar-refractivity contribution in [3.05, 3.63) is 63.5 Å². The molecule has 2 aromatic heterocycles. The summed E-state index contributed by atoms with van der Waals surface area (Å²) < 4.78 is 55.4. The second-order valence-electron chi connectivity index (χ2n) is 12.8. The van der Waals surface area contributed by atoms with Crippen molar-refractivity contribution in [3.8, 4) is 6.07 Å². The van der Waals surface area contributed by atoms with Gasteiger partial charge in [0.2, 0.25) is 0 Å². The molecule has 246 valence electrons. The summed E-state index contributed by atoms with van der Waals surface area (Å²) in [7, 11) is 0. The molecule has 2 saturated heterocycles. The Morgan fingerprint density at radius 1 is 1.04 bits per heavy atom. The molecule has 4 aliphatic heterocycles. The Morgan fingerprint density at radius 3 is 2.57 bits per heavy atom. The maximum absolute atomic E-state index is 16.0. The van der Waals surface area contributed by atoms with Gasteiger partial charge in [-0.2, -0.15) is 17.0 Å². The molecule has 3 aromatic rings. The van der Waals surface area contributed by atoms with Crippen LogP contribution in [0.4, 0.5) is 19.0 Å². The van der Waals surface area contributed by atoms with Crippen LogP contribution >= 0.6 is 11.8 Å². The molecule has 0 radical (unpaired) electrons. The SMILES string of the molecule is C[C@H]1Nc2ncnc3c2cc(C2(C#N)CCSCC2)c(=O)n3CCCOCCCCN2CCC(CC2)C(F)(F)c2cccc1c2F. The average molecular weight is 655 g/mol. The Kier molecular flexibility index (Phi) is 9.92. The number of thioether (sulfide) groups is 1. The highest BCUT2D eigenvalue weighted by Crippen LogP contribution is 2.44. The number of ether oxygens (including phenoxy) is 1. The van der Waals surface area contributed by atoms with E-state index >= 15 is 13.2 Å². The molecule has 1 aromatic carbocycles. The lowest BCUT2D eigenvalue weighted by molar-refractivity contribution is -0.0880. The van der Waals surface area contributed by atoms with E-state index in [0.717, 1.165) is 30.9 Å². The van der Waals surface area contributed by atoms with Crippen molar-refractivity contribution >= 4 is 28.6 Å². The average Bonchev–Trinajstić information content (AvgIpc) is 3.06. The van der Waals surface area contributed by atoms with Crippen LogP contribution in [0, 0.1) is 23.1 Å². The van der Waals surface area contributed by atoms with Gasteiger partial charge in [0.05, 0.1) is 28.5 Å². The van der Waals surface area contributed by atoms with E-state index in [1.807, 2.05) is 0 Å². The molecule has 46 heavy (non-hydrogen) atoms. The first-order valence-corrected chi connectivity index (χ1v) is 17.5. The van der Waals surface area contributed by atoms with E-state index < -0.39 is 34.7 Å². The van der Waals surface area contributed by atoms with Crippen LogP contribution in [0.2, 0.25) is 0 Å². The number of hydrogen-bond donors (Lipinski definition) is 1. The Morgan fingerprint density at radius 2 is 1.80 bits per heavy atom. The van der Waals surface area contributed by atoms with Gasteiger partial charge in [0, 0.05) is 36.8 Å². The number of nitriles is 1. The predicted octanol–water partition coefficient (Wildman–Crippen LogP) is 6.40. The van der Waals surface area contributed by atoms with Crippen LogP contribution in [0.15, 0.2) is 35.4 Å². The summed E-state index contributed by atoms with van der Waals surface area (Å²) in [6.07, 6.45) is 5.37. The minimum atomic E-state index is -3.31. The molecule has 7 rings (SSSR count). The Bertz CT molecular complexity index is 1650. The number of nitrogens with zero attached hydrogens (tertiary/aromatic N) is 5. The van der Waals surface area contributed by atoms with E-state index in [9.17, 15) is 10.1 Å². The van der Waals surface area contributed by atoms with Crippen molar-refractivity contribution in [1.29, 1.82) is 5.26 Å². The standard InChI is InChI=1S/C34H41F3N6O2S/c1-23-25-6-4-7-27(29(25)35)34(36,37)24-8-14-42(15-9-24)12-2-3-16-45-17-5-13-43-31-26(30(41-23)39-22-40-31)20-28(32(43)44)33(21-38)10-18-46-19-11-33/h4,6-7,20,22-24H,2-3,5,8-19H2,1H3,(H,39,40,41)/t23-/m1/s1. The first kappa shape index (κ1) is 32.8. The minimum Gasteiger partial charge on any atom is -0.381 e. The molecule has 8 bridgehead atoms. The van der Waals surface area contributed by atoms with Gasteiger partial charge in [-0.05, 0) is 89.1 Å². The molecule has 12 heteroatoms. The zero-order valence-corrected chi connectivity index (χ0v) is 27.1. The lowest BCUT2D eigenvalue weighted by atomic mass is 9.77. The summed E-state index contributed by atoms with van der Waals surface area (Å²) in [4.78, 5) is 25.2. The number of alkyl halides is 2. The summed E-state index contributed by atoms with van der Waals surface area (Å²) in [6, 6.07) is 7.65. The second-order valence-corrected chi connectivity index (χ2v) is 14.0. The zero-order valence-electron chi connectivity index (χ0n) is 26.2. The summed E-state index contributed by atoms with van der Waals surface area (Å²) >= 11 is 1.76. The maximum Gasteiger partial charge on any atom is 0.278 e. The third kappa shape index (κ3) is 6.38. The van der Waals surface area contributed by atoms with Gasteiger partial charge in [-0.25, -0.2) is 23.1 Å². The van der Waals surface area contributed by atoms with Crippen LogP contribution in [0.3, 0.4) is 0 Å². The molecular formula is C34H41F3N6O2S. The number of piperidine rings is 1. The van der Waals surface area contributed by atoms with Gasteiger partial charge in [-0.15, -0.1) is 0 Å². The first-order valence-electron chi connectivity index (χ1n) is 16.4. The first-order chi connectivity index (χ1) is 22.2. The van der Waals surface area contributed by atoms with Crippen LogP contribution in [-0.4, -0.2) is 63.8 Å². The Labute approximate surface area is 271 Å². The predicted molar refractivity (Wildman–Crippen MR) is 174 cm³/mol. The molecule has 6 heterocycles. The molecular weight excluding hydrogens is 613 g/mol. The Balaban J connectivity index is 1.43. The lowest BCUT2D eigenvalue weighted by Gasteiger charge is -2.36. The van der Waals surface area contributed by atoms with Crippen LogP contribution in [-0.2, 0) is 22.6 Å². The number of rotatable bonds is 1. The van der Waals surface area contributed by atoms with Crippen LogP contribution in [0.5, 0.6) is 0 Å². The van der Waals surface area contributed by atoms with Crippen molar-refractivity contribution in [2.24, 2.45) is 5.92 Å². The number of pyridine rings is 1. The number of fused-ring (bicyclic) bond motifs is 10. The second kappa shape index (κ2) is 13.9. The van der Waals surface area contributed by atoms with E-state index in [4.69, 9.17) is 4.74 Å².